The summed E-state index contributed by atoms with van der Waals surface area (Å²) in [4.78, 5) is 19.1. The van der Waals surface area contributed by atoms with Crippen molar-refractivity contribution in [1.29, 1.82) is 0 Å². The zero-order valence-corrected chi connectivity index (χ0v) is 16.0. The van der Waals surface area contributed by atoms with Crippen molar-refractivity contribution in [2.24, 2.45) is 0 Å². The van der Waals surface area contributed by atoms with Gasteiger partial charge in [-0.05, 0) is 39.9 Å². The van der Waals surface area contributed by atoms with E-state index in [0.29, 0.717) is 24.8 Å². The first-order chi connectivity index (χ1) is 13.1. The number of carbonyl (C=O) groups excluding carboxylic acids is 1. The van der Waals surface area contributed by atoms with E-state index < -0.39 is 28.9 Å². The van der Waals surface area contributed by atoms with E-state index in [0.717, 1.165) is 19.0 Å². The van der Waals surface area contributed by atoms with E-state index >= 15 is 0 Å². The second-order valence-electron chi connectivity index (χ2n) is 7.72. The fraction of sp³-hybridized carbons (Fsp3) is 0.474. The average molecular weight is 396 g/mol. The lowest BCUT2D eigenvalue weighted by Crippen LogP contribution is -2.46. The Balaban J connectivity index is 2.15. The van der Waals surface area contributed by atoms with Crippen LogP contribution in [0.5, 0.6) is 0 Å². The minimum absolute atomic E-state index is 0.0775. The van der Waals surface area contributed by atoms with Gasteiger partial charge < -0.3 is 19.9 Å². The predicted molar refractivity (Wildman–Crippen MR) is 97.1 cm³/mol. The zero-order chi connectivity index (χ0) is 20.6. The number of nitrogens with zero attached hydrogens (tertiary/aromatic N) is 3. The highest BCUT2D eigenvalue weighted by atomic mass is 19.2. The SMILES string of the molecule is CN1CCCn2c(-c3cc(F)c(F)cc3F)nc(C(=O)NC(C)(C)CO)c2C1. The van der Waals surface area contributed by atoms with Crippen molar-refractivity contribution in [2.45, 2.75) is 38.9 Å². The second kappa shape index (κ2) is 7.56. The van der Waals surface area contributed by atoms with Gasteiger partial charge in [0.2, 0.25) is 0 Å². The van der Waals surface area contributed by atoms with Crippen molar-refractivity contribution >= 4 is 5.91 Å². The van der Waals surface area contributed by atoms with Crippen molar-refractivity contribution in [1.82, 2.24) is 19.8 Å². The first-order valence-electron chi connectivity index (χ1n) is 8.99. The molecule has 1 aliphatic heterocycles. The molecule has 0 unspecified atom stereocenters. The van der Waals surface area contributed by atoms with Gasteiger partial charge in [-0.1, -0.05) is 0 Å². The quantitative estimate of drug-likeness (QED) is 0.779. The van der Waals surface area contributed by atoms with Crippen LogP contribution < -0.4 is 5.32 Å². The number of hydrogen-bond donors (Lipinski definition) is 2. The van der Waals surface area contributed by atoms with Gasteiger partial charge >= 0.3 is 0 Å². The van der Waals surface area contributed by atoms with E-state index in [1.165, 1.54) is 0 Å². The van der Waals surface area contributed by atoms with Gasteiger partial charge in [0.25, 0.3) is 5.91 Å². The number of rotatable bonds is 4. The van der Waals surface area contributed by atoms with Crippen LogP contribution in [0.15, 0.2) is 12.1 Å². The molecule has 0 saturated heterocycles. The molecule has 2 heterocycles. The van der Waals surface area contributed by atoms with Crippen molar-refractivity contribution in [3.8, 4) is 11.4 Å². The molecule has 28 heavy (non-hydrogen) atoms. The number of amides is 1. The van der Waals surface area contributed by atoms with Crippen LogP contribution in [0.3, 0.4) is 0 Å². The van der Waals surface area contributed by atoms with E-state index in [9.17, 15) is 23.1 Å². The van der Waals surface area contributed by atoms with E-state index in [1.54, 1.807) is 18.4 Å². The Morgan fingerprint density at radius 1 is 1.21 bits per heavy atom. The van der Waals surface area contributed by atoms with Crippen LogP contribution in [0.1, 0.15) is 36.5 Å². The van der Waals surface area contributed by atoms with Gasteiger partial charge in [0.15, 0.2) is 17.3 Å². The Kier molecular flexibility index (Phi) is 5.49. The fourth-order valence-electron chi connectivity index (χ4n) is 3.21. The average Bonchev–Trinajstić information content (AvgIpc) is 2.84. The number of hydrogen-bond acceptors (Lipinski definition) is 4. The molecule has 2 N–H and O–H groups in total. The number of carbonyl (C=O) groups is 1. The number of fused-ring (bicyclic) bond motifs is 1. The second-order valence-corrected chi connectivity index (χ2v) is 7.72. The maximum absolute atomic E-state index is 14.4. The highest BCUT2D eigenvalue weighted by Crippen LogP contribution is 2.29. The van der Waals surface area contributed by atoms with Crippen molar-refractivity contribution in [3.05, 3.63) is 41.0 Å². The molecule has 1 aromatic carbocycles. The van der Waals surface area contributed by atoms with E-state index in [2.05, 4.69) is 10.3 Å². The number of imidazole rings is 1. The Bertz CT molecular complexity index is 911. The number of nitrogens with one attached hydrogen (secondary N) is 1. The fourth-order valence-corrected chi connectivity index (χ4v) is 3.21. The Hall–Kier alpha value is -2.39. The standard InChI is InChI=1S/C19H23F3N4O2/c1-19(2,10-27)24-18(28)16-15-9-25(3)5-4-6-26(15)17(23-16)11-7-13(21)14(22)8-12(11)20/h7-8,27H,4-6,9-10H2,1-3H3,(H,24,28). The molecule has 0 atom stereocenters. The third kappa shape index (κ3) is 3.90. The minimum Gasteiger partial charge on any atom is -0.394 e. The first kappa shape index (κ1) is 20.3. The molecule has 3 rings (SSSR count). The highest BCUT2D eigenvalue weighted by molar-refractivity contribution is 5.94. The summed E-state index contributed by atoms with van der Waals surface area (Å²) >= 11 is 0. The summed E-state index contributed by atoms with van der Waals surface area (Å²) in [5.41, 5.74) is -0.442. The maximum atomic E-state index is 14.4. The van der Waals surface area contributed by atoms with Crippen LogP contribution in [0.25, 0.3) is 11.4 Å². The van der Waals surface area contributed by atoms with Gasteiger partial charge in [0.1, 0.15) is 11.6 Å². The number of aliphatic hydroxyl groups is 1. The van der Waals surface area contributed by atoms with Crippen molar-refractivity contribution in [3.63, 3.8) is 0 Å². The third-order valence-corrected chi connectivity index (χ3v) is 4.73. The molecule has 0 aliphatic carbocycles. The third-order valence-electron chi connectivity index (χ3n) is 4.73. The van der Waals surface area contributed by atoms with E-state index in [4.69, 9.17) is 0 Å². The molecule has 0 spiro atoms. The lowest BCUT2D eigenvalue weighted by atomic mass is 10.1. The monoisotopic (exact) mass is 396 g/mol. The Labute approximate surface area is 161 Å². The molecular formula is C19H23F3N4O2. The topological polar surface area (TPSA) is 70.4 Å². The number of aromatic nitrogens is 2. The largest absolute Gasteiger partial charge is 0.394 e. The van der Waals surface area contributed by atoms with Crippen molar-refractivity contribution in [2.75, 3.05) is 20.2 Å². The molecule has 1 amide bonds. The lowest BCUT2D eigenvalue weighted by Gasteiger charge is -2.23. The molecule has 0 bridgehead atoms. The molecule has 9 heteroatoms. The van der Waals surface area contributed by atoms with Gasteiger partial charge in [0.05, 0.1) is 23.4 Å². The molecule has 2 aromatic rings. The van der Waals surface area contributed by atoms with Gasteiger partial charge in [-0.3, -0.25) is 4.79 Å². The Morgan fingerprint density at radius 3 is 2.57 bits per heavy atom. The van der Waals surface area contributed by atoms with Crippen LogP contribution in [0.4, 0.5) is 13.2 Å². The zero-order valence-electron chi connectivity index (χ0n) is 16.0. The van der Waals surface area contributed by atoms with Crippen molar-refractivity contribution < 1.29 is 23.1 Å². The first-order valence-corrected chi connectivity index (χ1v) is 8.99. The Morgan fingerprint density at radius 2 is 1.89 bits per heavy atom. The molecular weight excluding hydrogens is 373 g/mol. The van der Waals surface area contributed by atoms with Crippen LogP contribution in [-0.2, 0) is 13.1 Å². The summed E-state index contributed by atoms with van der Waals surface area (Å²) in [5, 5.41) is 12.1. The van der Waals surface area contributed by atoms with Crippen LogP contribution in [0.2, 0.25) is 0 Å². The normalized spacial score (nSPS) is 15.2. The summed E-state index contributed by atoms with van der Waals surface area (Å²) < 4.78 is 43.2. The van der Waals surface area contributed by atoms with Gasteiger partial charge in [-0.15, -0.1) is 0 Å². The van der Waals surface area contributed by atoms with Crippen LogP contribution in [0, 0.1) is 17.5 Å². The van der Waals surface area contributed by atoms with Crippen LogP contribution in [-0.4, -0.2) is 51.2 Å². The van der Waals surface area contributed by atoms with Gasteiger partial charge in [-0.25, -0.2) is 18.2 Å². The summed E-state index contributed by atoms with van der Waals surface area (Å²) in [6, 6.07) is 1.23. The number of aliphatic hydroxyl groups excluding tert-OH is 1. The summed E-state index contributed by atoms with van der Waals surface area (Å²) in [6.45, 7) is 4.63. The lowest BCUT2D eigenvalue weighted by molar-refractivity contribution is 0.0862. The maximum Gasteiger partial charge on any atom is 0.272 e. The summed E-state index contributed by atoms with van der Waals surface area (Å²) in [7, 11) is 1.89. The molecule has 1 aliphatic rings. The summed E-state index contributed by atoms with van der Waals surface area (Å²) in [5.74, 6) is -3.87. The van der Waals surface area contributed by atoms with E-state index in [1.807, 2.05) is 11.9 Å². The molecule has 6 nitrogen and oxygen atoms in total. The van der Waals surface area contributed by atoms with Gasteiger partial charge in [-0.2, -0.15) is 0 Å². The molecule has 0 saturated carbocycles. The molecule has 0 fully saturated rings. The smallest absolute Gasteiger partial charge is 0.272 e. The van der Waals surface area contributed by atoms with E-state index in [-0.39, 0.29) is 23.7 Å². The predicted octanol–water partition coefficient (Wildman–Crippen LogP) is 2.30. The highest BCUT2D eigenvalue weighted by Gasteiger charge is 2.30. The van der Waals surface area contributed by atoms with Gasteiger partial charge in [0, 0.05) is 19.2 Å². The molecule has 152 valence electrons. The summed E-state index contributed by atoms with van der Waals surface area (Å²) in [6.07, 6.45) is 0.724. The molecule has 1 aromatic heterocycles. The van der Waals surface area contributed by atoms with Crippen LogP contribution >= 0.6 is 0 Å². The number of halogens is 3. The molecule has 0 radical (unpaired) electrons. The minimum atomic E-state index is -1.29. The number of benzene rings is 1.